The minimum atomic E-state index is -0.506. The third-order valence-electron chi connectivity index (χ3n) is 2.24. The lowest BCUT2D eigenvalue weighted by molar-refractivity contribution is 0.0740. The summed E-state index contributed by atoms with van der Waals surface area (Å²) in [6, 6.07) is 4.25. The van der Waals surface area contributed by atoms with Gasteiger partial charge in [-0.1, -0.05) is 20.8 Å². The Morgan fingerprint density at radius 1 is 1.41 bits per heavy atom. The number of amides is 1. The molecule has 0 aromatic heterocycles. The minimum absolute atomic E-state index is 0.0144. The molecule has 2 nitrogen and oxygen atoms in total. The Labute approximate surface area is 107 Å². The predicted octanol–water partition coefficient (Wildman–Crippen LogP) is 3.23. The maximum atomic E-state index is 13.5. The van der Waals surface area contributed by atoms with E-state index in [9.17, 15) is 9.18 Å². The molecule has 1 amide bonds. The number of hydrogen-bond acceptors (Lipinski definition) is 2. The molecule has 0 spiro atoms. The number of halogens is 1. The fraction of sp³-hybridized carbons (Fsp3) is 0.462. The van der Waals surface area contributed by atoms with E-state index in [1.165, 1.54) is 23.1 Å². The number of rotatable bonds is 2. The van der Waals surface area contributed by atoms with Crippen LogP contribution in [0.25, 0.3) is 0 Å². The van der Waals surface area contributed by atoms with Crippen LogP contribution >= 0.6 is 12.6 Å². The SMILES string of the molecule is CN(CC(C)(C)C)C(=O)c1cc(S)ccc1F. The molecule has 94 valence electrons. The van der Waals surface area contributed by atoms with E-state index in [1.807, 2.05) is 20.8 Å². The lowest BCUT2D eigenvalue weighted by Crippen LogP contribution is -2.34. The van der Waals surface area contributed by atoms with E-state index in [0.717, 1.165) is 0 Å². The van der Waals surface area contributed by atoms with Crippen LogP contribution < -0.4 is 0 Å². The summed E-state index contributed by atoms with van der Waals surface area (Å²) in [5, 5.41) is 0. The second-order valence-electron chi connectivity index (χ2n) is 5.39. The first-order valence-electron chi connectivity index (χ1n) is 5.45. The summed E-state index contributed by atoms with van der Waals surface area (Å²) < 4.78 is 13.5. The molecule has 0 aliphatic carbocycles. The van der Waals surface area contributed by atoms with Gasteiger partial charge in [-0.3, -0.25) is 4.79 Å². The minimum Gasteiger partial charge on any atom is -0.341 e. The third kappa shape index (κ3) is 4.04. The van der Waals surface area contributed by atoms with Gasteiger partial charge in [0.15, 0.2) is 0 Å². The molecule has 0 N–H and O–H groups in total. The zero-order chi connectivity index (χ0) is 13.2. The van der Waals surface area contributed by atoms with Crippen LogP contribution in [-0.4, -0.2) is 24.4 Å². The molecule has 0 fully saturated rings. The van der Waals surface area contributed by atoms with Crippen LogP contribution in [0.2, 0.25) is 0 Å². The van der Waals surface area contributed by atoms with Crippen LogP contribution in [0.3, 0.4) is 0 Å². The van der Waals surface area contributed by atoms with Gasteiger partial charge < -0.3 is 4.90 Å². The Morgan fingerprint density at radius 2 is 2.00 bits per heavy atom. The second kappa shape index (κ2) is 5.08. The van der Waals surface area contributed by atoms with E-state index in [2.05, 4.69) is 12.6 Å². The zero-order valence-electron chi connectivity index (χ0n) is 10.6. The first-order valence-corrected chi connectivity index (χ1v) is 5.89. The van der Waals surface area contributed by atoms with Gasteiger partial charge in [0.1, 0.15) is 5.82 Å². The molecule has 0 saturated heterocycles. The lowest BCUT2D eigenvalue weighted by atomic mass is 9.96. The van der Waals surface area contributed by atoms with Crippen molar-refractivity contribution < 1.29 is 9.18 Å². The molecule has 17 heavy (non-hydrogen) atoms. The summed E-state index contributed by atoms with van der Waals surface area (Å²) in [6.07, 6.45) is 0. The van der Waals surface area contributed by atoms with Gasteiger partial charge in [-0.25, -0.2) is 4.39 Å². The highest BCUT2D eigenvalue weighted by molar-refractivity contribution is 7.80. The van der Waals surface area contributed by atoms with E-state index >= 15 is 0 Å². The van der Waals surface area contributed by atoms with Crippen LogP contribution in [0.1, 0.15) is 31.1 Å². The Morgan fingerprint density at radius 3 is 2.53 bits per heavy atom. The van der Waals surface area contributed by atoms with Gasteiger partial charge in [-0.05, 0) is 23.6 Å². The smallest absolute Gasteiger partial charge is 0.256 e. The number of carbonyl (C=O) groups excluding carboxylic acids is 1. The topological polar surface area (TPSA) is 20.3 Å². The average Bonchev–Trinajstić information content (AvgIpc) is 2.18. The van der Waals surface area contributed by atoms with Gasteiger partial charge in [0.25, 0.3) is 5.91 Å². The molecule has 0 heterocycles. The summed E-state index contributed by atoms with van der Waals surface area (Å²) in [5.74, 6) is -0.818. The van der Waals surface area contributed by atoms with Gasteiger partial charge in [0, 0.05) is 18.5 Å². The predicted molar refractivity (Wildman–Crippen MR) is 70.1 cm³/mol. The highest BCUT2D eigenvalue weighted by Crippen LogP contribution is 2.19. The largest absolute Gasteiger partial charge is 0.341 e. The van der Waals surface area contributed by atoms with Crippen molar-refractivity contribution in [3.8, 4) is 0 Å². The van der Waals surface area contributed by atoms with E-state index in [1.54, 1.807) is 7.05 Å². The third-order valence-corrected chi connectivity index (χ3v) is 2.52. The van der Waals surface area contributed by atoms with Crippen molar-refractivity contribution in [1.29, 1.82) is 0 Å². The summed E-state index contributed by atoms with van der Waals surface area (Å²) in [7, 11) is 1.68. The summed E-state index contributed by atoms with van der Waals surface area (Å²) in [4.78, 5) is 14.2. The van der Waals surface area contributed by atoms with E-state index in [0.29, 0.717) is 11.4 Å². The van der Waals surface area contributed by atoms with Crippen LogP contribution in [0.15, 0.2) is 23.1 Å². The Bertz CT molecular complexity index is 426. The Balaban J connectivity index is 2.93. The summed E-state index contributed by atoms with van der Waals surface area (Å²) in [6.45, 7) is 6.66. The molecule has 1 aromatic carbocycles. The maximum absolute atomic E-state index is 13.5. The van der Waals surface area contributed by atoms with Crippen molar-refractivity contribution in [3.05, 3.63) is 29.6 Å². The zero-order valence-corrected chi connectivity index (χ0v) is 11.5. The van der Waals surface area contributed by atoms with E-state index < -0.39 is 5.82 Å². The molecule has 1 aromatic rings. The molecule has 0 aliphatic rings. The van der Waals surface area contributed by atoms with Crippen molar-refractivity contribution in [2.24, 2.45) is 5.41 Å². The number of benzene rings is 1. The summed E-state index contributed by atoms with van der Waals surface area (Å²) >= 11 is 4.11. The number of nitrogens with zero attached hydrogens (tertiary/aromatic N) is 1. The molecule has 0 aliphatic heterocycles. The van der Waals surface area contributed by atoms with Crippen LogP contribution in [-0.2, 0) is 0 Å². The standard InChI is InChI=1S/C13H18FNOS/c1-13(2,3)8-15(4)12(16)10-7-9(17)5-6-11(10)14/h5-7,17H,8H2,1-4H3. The fourth-order valence-electron chi connectivity index (χ4n) is 1.67. The number of hydrogen-bond donors (Lipinski definition) is 1. The molecule has 0 bridgehead atoms. The van der Waals surface area contributed by atoms with Crippen molar-refractivity contribution >= 4 is 18.5 Å². The second-order valence-corrected chi connectivity index (χ2v) is 5.90. The highest BCUT2D eigenvalue weighted by Gasteiger charge is 2.21. The molecule has 0 atom stereocenters. The van der Waals surface area contributed by atoms with Crippen molar-refractivity contribution in [2.45, 2.75) is 25.7 Å². The molecule has 0 unspecified atom stereocenters. The first-order chi connectivity index (χ1) is 7.70. The molecular weight excluding hydrogens is 237 g/mol. The lowest BCUT2D eigenvalue weighted by Gasteiger charge is -2.26. The van der Waals surface area contributed by atoms with Gasteiger partial charge in [0.2, 0.25) is 0 Å². The quantitative estimate of drug-likeness (QED) is 0.804. The van der Waals surface area contributed by atoms with E-state index in [4.69, 9.17) is 0 Å². The molecule has 4 heteroatoms. The van der Waals surface area contributed by atoms with Crippen molar-refractivity contribution in [3.63, 3.8) is 0 Å². The maximum Gasteiger partial charge on any atom is 0.256 e. The molecule has 1 rings (SSSR count). The normalized spacial score (nSPS) is 11.4. The molecular formula is C13H18FNOS. The van der Waals surface area contributed by atoms with Crippen LogP contribution in [0.5, 0.6) is 0 Å². The fourth-order valence-corrected chi connectivity index (χ4v) is 1.87. The van der Waals surface area contributed by atoms with Gasteiger partial charge in [-0.2, -0.15) is 0 Å². The highest BCUT2D eigenvalue weighted by atomic mass is 32.1. The van der Waals surface area contributed by atoms with Crippen LogP contribution in [0, 0.1) is 11.2 Å². The van der Waals surface area contributed by atoms with Gasteiger partial charge >= 0.3 is 0 Å². The van der Waals surface area contributed by atoms with Gasteiger partial charge in [-0.15, -0.1) is 12.6 Å². The Kier molecular flexibility index (Phi) is 4.20. The summed E-state index contributed by atoms with van der Waals surface area (Å²) in [5.41, 5.74) is 0.0590. The van der Waals surface area contributed by atoms with Crippen molar-refractivity contribution in [1.82, 2.24) is 4.90 Å². The van der Waals surface area contributed by atoms with E-state index in [-0.39, 0.29) is 16.9 Å². The molecule has 0 radical (unpaired) electrons. The average molecular weight is 255 g/mol. The van der Waals surface area contributed by atoms with Crippen molar-refractivity contribution in [2.75, 3.05) is 13.6 Å². The van der Waals surface area contributed by atoms with Gasteiger partial charge in [0.05, 0.1) is 5.56 Å². The first kappa shape index (κ1) is 14.0. The Hall–Kier alpha value is -1.03. The number of carbonyl (C=O) groups is 1. The number of thiol groups is 1. The van der Waals surface area contributed by atoms with Crippen LogP contribution in [0.4, 0.5) is 4.39 Å². The monoisotopic (exact) mass is 255 g/mol. The molecule has 0 saturated carbocycles.